The average molecular weight is 321 g/mol. The number of carbonyl (C=O) groups excluding carboxylic acids is 1. The highest BCUT2D eigenvalue weighted by molar-refractivity contribution is 6.31. The van der Waals surface area contributed by atoms with Crippen LogP contribution in [0.5, 0.6) is 0 Å². The van der Waals surface area contributed by atoms with E-state index < -0.39 is 18.4 Å². The molecule has 1 N–H and O–H groups in total. The second-order valence-corrected chi connectivity index (χ2v) is 5.11. The van der Waals surface area contributed by atoms with Gasteiger partial charge in [0.25, 0.3) is 0 Å². The number of esters is 1. The fraction of sp³-hybridized carbons (Fsp3) is 0.235. The van der Waals surface area contributed by atoms with Gasteiger partial charge in [-0.2, -0.15) is 0 Å². The van der Waals surface area contributed by atoms with E-state index in [0.29, 0.717) is 10.6 Å². The SMILES string of the molecule is COC(=O)C(Cc1ccccc1Cl)OC(O)c1ccccc1. The molecule has 0 aliphatic heterocycles. The van der Waals surface area contributed by atoms with Crippen LogP contribution in [0.1, 0.15) is 17.4 Å². The van der Waals surface area contributed by atoms with Gasteiger partial charge in [-0.15, -0.1) is 0 Å². The molecule has 0 heterocycles. The van der Waals surface area contributed by atoms with Crippen LogP contribution in [0, 0.1) is 0 Å². The monoisotopic (exact) mass is 320 g/mol. The number of aliphatic hydroxyl groups is 1. The number of hydrogen-bond acceptors (Lipinski definition) is 4. The topological polar surface area (TPSA) is 55.8 Å². The zero-order chi connectivity index (χ0) is 15.9. The summed E-state index contributed by atoms with van der Waals surface area (Å²) in [6.45, 7) is 0. The van der Waals surface area contributed by atoms with Crippen LogP contribution < -0.4 is 0 Å². The van der Waals surface area contributed by atoms with Crippen molar-refractivity contribution < 1.29 is 19.4 Å². The van der Waals surface area contributed by atoms with E-state index in [1.165, 1.54) is 7.11 Å². The standard InChI is InChI=1S/C17H17ClO4/c1-21-17(20)15(11-13-9-5-6-10-14(13)18)22-16(19)12-7-3-2-4-8-12/h2-10,15-16,19H,11H2,1H3. The predicted molar refractivity (Wildman–Crippen MR) is 83.4 cm³/mol. The van der Waals surface area contributed by atoms with Gasteiger partial charge in [0.2, 0.25) is 0 Å². The number of aliphatic hydroxyl groups excluding tert-OH is 1. The minimum Gasteiger partial charge on any atom is -0.467 e. The van der Waals surface area contributed by atoms with Gasteiger partial charge < -0.3 is 14.6 Å². The number of rotatable bonds is 6. The summed E-state index contributed by atoms with van der Waals surface area (Å²) in [5.41, 5.74) is 1.32. The van der Waals surface area contributed by atoms with E-state index in [-0.39, 0.29) is 6.42 Å². The molecule has 0 aromatic heterocycles. The van der Waals surface area contributed by atoms with Gasteiger partial charge in [-0.25, -0.2) is 4.79 Å². The third-order valence-electron chi connectivity index (χ3n) is 3.21. The average Bonchev–Trinajstić information content (AvgIpc) is 2.56. The summed E-state index contributed by atoms with van der Waals surface area (Å²) >= 11 is 6.10. The van der Waals surface area contributed by atoms with Gasteiger partial charge in [0.1, 0.15) is 0 Å². The Morgan fingerprint density at radius 1 is 1.14 bits per heavy atom. The maximum absolute atomic E-state index is 11.9. The Labute approximate surface area is 134 Å². The number of hydrogen-bond donors (Lipinski definition) is 1. The zero-order valence-electron chi connectivity index (χ0n) is 12.1. The first-order valence-corrected chi connectivity index (χ1v) is 7.19. The summed E-state index contributed by atoms with van der Waals surface area (Å²) in [6.07, 6.45) is -1.94. The van der Waals surface area contributed by atoms with Crippen molar-refractivity contribution in [3.8, 4) is 0 Å². The molecule has 22 heavy (non-hydrogen) atoms. The summed E-state index contributed by atoms with van der Waals surface area (Å²) in [5.74, 6) is -0.560. The van der Waals surface area contributed by atoms with E-state index in [0.717, 1.165) is 5.56 Å². The largest absolute Gasteiger partial charge is 0.467 e. The normalized spacial score (nSPS) is 13.4. The van der Waals surface area contributed by atoms with Gasteiger partial charge in [-0.1, -0.05) is 60.1 Å². The molecule has 2 aromatic rings. The fourth-order valence-electron chi connectivity index (χ4n) is 2.03. The molecule has 116 valence electrons. The van der Waals surface area contributed by atoms with Crippen LogP contribution in [0.25, 0.3) is 0 Å². The molecule has 2 rings (SSSR count). The second-order valence-electron chi connectivity index (χ2n) is 4.71. The van der Waals surface area contributed by atoms with E-state index in [4.69, 9.17) is 21.1 Å². The van der Waals surface area contributed by atoms with E-state index in [2.05, 4.69) is 0 Å². The smallest absolute Gasteiger partial charge is 0.335 e. The number of methoxy groups -OCH3 is 1. The van der Waals surface area contributed by atoms with Gasteiger partial charge >= 0.3 is 5.97 Å². The molecule has 4 nitrogen and oxygen atoms in total. The molecule has 0 aliphatic rings. The van der Waals surface area contributed by atoms with Crippen molar-refractivity contribution in [3.05, 3.63) is 70.7 Å². The minimum atomic E-state index is -1.22. The number of carbonyl (C=O) groups is 1. The van der Waals surface area contributed by atoms with Crippen LogP contribution in [0.3, 0.4) is 0 Å². The molecule has 2 aromatic carbocycles. The third-order valence-corrected chi connectivity index (χ3v) is 3.57. The summed E-state index contributed by atoms with van der Waals surface area (Å²) in [5, 5.41) is 10.7. The molecule has 2 atom stereocenters. The molecule has 5 heteroatoms. The van der Waals surface area contributed by atoms with Crippen LogP contribution in [-0.4, -0.2) is 24.3 Å². The first kappa shape index (κ1) is 16.5. The van der Waals surface area contributed by atoms with Crippen LogP contribution in [-0.2, 0) is 20.7 Å². The fourth-order valence-corrected chi connectivity index (χ4v) is 2.25. The first-order valence-electron chi connectivity index (χ1n) is 6.81. The number of halogens is 1. The highest BCUT2D eigenvalue weighted by atomic mass is 35.5. The minimum absolute atomic E-state index is 0.218. The molecule has 0 spiro atoms. The summed E-state index contributed by atoms with van der Waals surface area (Å²) in [6, 6.07) is 16.0. The molecular weight excluding hydrogens is 304 g/mol. The van der Waals surface area contributed by atoms with Crippen molar-refractivity contribution >= 4 is 17.6 Å². The molecule has 0 saturated carbocycles. The molecule has 0 amide bonds. The van der Waals surface area contributed by atoms with E-state index >= 15 is 0 Å². The molecule has 0 bridgehead atoms. The Hall–Kier alpha value is -1.88. The van der Waals surface area contributed by atoms with Crippen LogP contribution in [0.15, 0.2) is 54.6 Å². The van der Waals surface area contributed by atoms with Gasteiger partial charge in [0, 0.05) is 17.0 Å². The summed E-state index contributed by atoms with van der Waals surface area (Å²) in [7, 11) is 1.28. The van der Waals surface area contributed by atoms with Crippen molar-refractivity contribution in [2.45, 2.75) is 18.8 Å². The zero-order valence-corrected chi connectivity index (χ0v) is 12.9. The van der Waals surface area contributed by atoms with Crippen molar-refractivity contribution in [1.29, 1.82) is 0 Å². The van der Waals surface area contributed by atoms with Gasteiger partial charge in [0.15, 0.2) is 12.4 Å². The molecule has 0 aliphatic carbocycles. The maximum Gasteiger partial charge on any atom is 0.335 e. The van der Waals surface area contributed by atoms with Crippen LogP contribution >= 0.6 is 11.6 Å². The van der Waals surface area contributed by atoms with Crippen molar-refractivity contribution in [3.63, 3.8) is 0 Å². The molecular formula is C17H17ClO4. The third kappa shape index (κ3) is 4.31. The number of benzene rings is 2. The Kier molecular flexibility index (Phi) is 5.95. The van der Waals surface area contributed by atoms with E-state index in [1.807, 2.05) is 12.1 Å². The first-order chi connectivity index (χ1) is 10.6. The van der Waals surface area contributed by atoms with Crippen molar-refractivity contribution in [2.75, 3.05) is 7.11 Å². The maximum atomic E-state index is 11.9. The Morgan fingerprint density at radius 3 is 2.41 bits per heavy atom. The Balaban J connectivity index is 2.13. The van der Waals surface area contributed by atoms with Gasteiger partial charge in [-0.3, -0.25) is 0 Å². The molecule has 0 saturated heterocycles. The van der Waals surface area contributed by atoms with Crippen molar-refractivity contribution in [1.82, 2.24) is 0 Å². The summed E-state index contributed by atoms with van der Waals surface area (Å²) < 4.78 is 10.2. The van der Waals surface area contributed by atoms with Crippen LogP contribution in [0.4, 0.5) is 0 Å². The van der Waals surface area contributed by atoms with Gasteiger partial charge in [0.05, 0.1) is 7.11 Å². The Morgan fingerprint density at radius 2 is 1.77 bits per heavy atom. The molecule has 0 fully saturated rings. The highest BCUT2D eigenvalue weighted by Gasteiger charge is 2.25. The quantitative estimate of drug-likeness (QED) is 0.656. The predicted octanol–water partition coefficient (Wildman–Crippen LogP) is 3.13. The lowest BCUT2D eigenvalue weighted by Gasteiger charge is -2.20. The summed E-state index contributed by atoms with van der Waals surface area (Å²) in [4.78, 5) is 11.9. The van der Waals surface area contributed by atoms with E-state index in [9.17, 15) is 9.90 Å². The van der Waals surface area contributed by atoms with Crippen molar-refractivity contribution in [2.24, 2.45) is 0 Å². The molecule has 0 radical (unpaired) electrons. The second kappa shape index (κ2) is 7.94. The Bertz CT molecular complexity index is 615. The highest BCUT2D eigenvalue weighted by Crippen LogP contribution is 2.22. The van der Waals surface area contributed by atoms with E-state index in [1.54, 1.807) is 42.5 Å². The van der Waals surface area contributed by atoms with Crippen LogP contribution in [0.2, 0.25) is 5.02 Å². The van der Waals surface area contributed by atoms with Gasteiger partial charge in [-0.05, 0) is 11.6 Å². The molecule has 2 unspecified atom stereocenters. The number of ether oxygens (including phenoxy) is 2. The lowest BCUT2D eigenvalue weighted by molar-refractivity contribution is -0.179. The lowest BCUT2D eigenvalue weighted by Crippen LogP contribution is -2.29. The lowest BCUT2D eigenvalue weighted by atomic mass is 10.1.